The van der Waals surface area contributed by atoms with Gasteiger partial charge in [-0.2, -0.15) is 0 Å². The lowest BCUT2D eigenvalue weighted by Crippen LogP contribution is -2.38. The van der Waals surface area contributed by atoms with Gasteiger partial charge in [0.25, 0.3) is 0 Å². The minimum Gasteiger partial charge on any atom is -0.378 e. The Morgan fingerprint density at radius 1 is 1.17 bits per heavy atom. The predicted octanol–water partition coefficient (Wildman–Crippen LogP) is 4.57. The molecule has 2 aliphatic rings. The van der Waals surface area contributed by atoms with Crippen molar-refractivity contribution in [3.05, 3.63) is 42.0 Å². The molecule has 2 N–H and O–H groups in total. The molecule has 7 nitrogen and oxygen atoms in total. The molecule has 1 saturated heterocycles. The van der Waals surface area contributed by atoms with Crippen molar-refractivity contribution in [3.8, 4) is 11.8 Å². The van der Waals surface area contributed by atoms with Crippen molar-refractivity contribution in [3.63, 3.8) is 0 Å². The number of morpholine rings is 1. The van der Waals surface area contributed by atoms with E-state index in [1.807, 2.05) is 19.3 Å². The summed E-state index contributed by atoms with van der Waals surface area (Å²) < 4.78 is 5.60. The van der Waals surface area contributed by atoms with E-state index in [2.05, 4.69) is 73.8 Å². The highest BCUT2D eigenvalue weighted by Crippen LogP contribution is 2.38. The number of hydrazine groups is 1. The summed E-state index contributed by atoms with van der Waals surface area (Å²) in [5.74, 6) is 7.24. The topological polar surface area (TPSA) is 65.6 Å². The third-order valence-electron chi connectivity index (χ3n) is 7.18. The van der Waals surface area contributed by atoms with E-state index >= 15 is 0 Å². The largest absolute Gasteiger partial charge is 0.378 e. The molecule has 2 aromatic rings. The number of aromatic nitrogens is 2. The van der Waals surface area contributed by atoms with Crippen LogP contribution in [0.15, 0.2) is 30.6 Å². The van der Waals surface area contributed by atoms with Gasteiger partial charge in [0.05, 0.1) is 37.3 Å². The maximum absolute atomic E-state index is 5.60. The molecule has 1 aromatic heterocycles. The summed E-state index contributed by atoms with van der Waals surface area (Å²) in [6, 6.07) is 7.75. The normalized spacial score (nSPS) is 17.8. The second-order valence-electron chi connectivity index (χ2n) is 9.77. The molecule has 1 aliphatic heterocycles. The first-order chi connectivity index (χ1) is 17.6. The lowest BCUT2D eigenvalue weighted by molar-refractivity contribution is 0.122. The van der Waals surface area contributed by atoms with Crippen LogP contribution in [0.2, 0.25) is 0 Å². The van der Waals surface area contributed by atoms with Gasteiger partial charge in [-0.25, -0.2) is 15.4 Å². The average molecular weight is 509 g/mol. The zero-order chi connectivity index (χ0) is 25.3. The minimum absolute atomic E-state index is 0.0503. The van der Waals surface area contributed by atoms with Gasteiger partial charge in [-0.1, -0.05) is 24.8 Å². The Morgan fingerprint density at radius 3 is 2.56 bits per heavy atom. The van der Waals surface area contributed by atoms with Gasteiger partial charge in [-0.05, 0) is 57.5 Å². The van der Waals surface area contributed by atoms with E-state index in [1.165, 1.54) is 42.6 Å². The highest BCUT2D eigenvalue weighted by atomic mass is 31.0. The molecule has 2 heterocycles. The van der Waals surface area contributed by atoms with Gasteiger partial charge in [0.2, 0.25) is 0 Å². The highest BCUT2D eigenvalue weighted by molar-refractivity contribution is 7.16. The lowest BCUT2D eigenvalue weighted by Gasteiger charge is -2.38. The first-order valence-corrected chi connectivity index (χ1v) is 14.1. The molecule has 3 atom stereocenters. The Balaban J connectivity index is 1.66. The number of anilines is 3. The van der Waals surface area contributed by atoms with Crippen molar-refractivity contribution in [2.24, 2.45) is 0 Å². The monoisotopic (exact) mass is 508 g/mol. The van der Waals surface area contributed by atoms with E-state index in [9.17, 15) is 0 Å². The first kappa shape index (κ1) is 26.7. The number of hydrogen-bond acceptors (Lipinski definition) is 7. The minimum atomic E-state index is 0.0503. The maximum Gasteiger partial charge on any atom is 0.150 e. The summed E-state index contributed by atoms with van der Waals surface area (Å²) >= 11 is 0. The lowest BCUT2D eigenvalue weighted by atomic mass is 10.0. The van der Waals surface area contributed by atoms with E-state index in [0.29, 0.717) is 12.1 Å². The molecular formula is C28H41N6OP. The molecule has 1 aromatic carbocycles. The van der Waals surface area contributed by atoms with Crippen LogP contribution in [0.1, 0.15) is 63.9 Å². The molecule has 0 bridgehead atoms. The van der Waals surface area contributed by atoms with Gasteiger partial charge in [0.15, 0.2) is 0 Å². The molecule has 0 amide bonds. The van der Waals surface area contributed by atoms with Crippen molar-refractivity contribution in [2.45, 2.75) is 71.0 Å². The van der Waals surface area contributed by atoms with Crippen molar-refractivity contribution >= 4 is 26.3 Å². The van der Waals surface area contributed by atoms with Gasteiger partial charge in [-0.15, -0.1) is 15.2 Å². The second kappa shape index (κ2) is 13.2. The SMILES string of the molecule is CC#CCc1ccc(N2CCOCC2)cc1N(C1CCCC1)C(C)c1ncc(NNC(C)CP)cn1. The van der Waals surface area contributed by atoms with Gasteiger partial charge < -0.3 is 20.0 Å². The Morgan fingerprint density at radius 2 is 1.89 bits per heavy atom. The zero-order valence-electron chi connectivity index (χ0n) is 22.0. The fourth-order valence-corrected chi connectivity index (χ4v) is 5.17. The molecule has 4 rings (SSSR count). The third kappa shape index (κ3) is 6.68. The van der Waals surface area contributed by atoms with Gasteiger partial charge >= 0.3 is 0 Å². The summed E-state index contributed by atoms with van der Waals surface area (Å²) in [4.78, 5) is 14.6. The number of ether oxygens (including phenoxy) is 1. The summed E-state index contributed by atoms with van der Waals surface area (Å²) in [6.07, 6.45) is 10.4. The van der Waals surface area contributed by atoms with Crippen molar-refractivity contribution in [1.82, 2.24) is 15.4 Å². The summed E-state index contributed by atoms with van der Waals surface area (Å²) in [6.45, 7) is 9.69. The summed E-state index contributed by atoms with van der Waals surface area (Å²) in [7, 11) is 2.75. The number of benzene rings is 1. The van der Waals surface area contributed by atoms with Crippen LogP contribution in [0, 0.1) is 11.8 Å². The van der Waals surface area contributed by atoms with E-state index in [4.69, 9.17) is 14.7 Å². The summed E-state index contributed by atoms with van der Waals surface area (Å²) in [5, 5.41) is 0. The van der Waals surface area contributed by atoms with Gasteiger partial charge in [0, 0.05) is 43.0 Å². The maximum atomic E-state index is 5.60. The van der Waals surface area contributed by atoms with E-state index in [-0.39, 0.29) is 6.04 Å². The average Bonchev–Trinajstić information content (AvgIpc) is 3.46. The molecule has 1 saturated carbocycles. The Bertz CT molecular complexity index is 1020. The molecular weight excluding hydrogens is 467 g/mol. The molecule has 3 unspecified atom stereocenters. The van der Waals surface area contributed by atoms with E-state index in [0.717, 1.165) is 50.4 Å². The van der Waals surface area contributed by atoms with Crippen LogP contribution in [0.4, 0.5) is 17.1 Å². The fraction of sp³-hybridized carbons (Fsp3) is 0.571. The van der Waals surface area contributed by atoms with Crippen LogP contribution in [0.25, 0.3) is 0 Å². The van der Waals surface area contributed by atoms with Crippen molar-refractivity contribution < 1.29 is 4.74 Å². The van der Waals surface area contributed by atoms with Crippen molar-refractivity contribution in [1.29, 1.82) is 0 Å². The van der Waals surface area contributed by atoms with E-state index < -0.39 is 0 Å². The Kier molecular flexibility index (Phi) is 9.81. The van der Waals surface area contributed by atoms with Crippen LogP contribution in [-0.4, -0.2) is 54.5 Å². The number of nitrogens with zero attached hydrogens (tertiary/aromatic N) is 4. The Hall–Kier alpha value is -2.39. The van der Waals surface area contributed by atoms with E-state index in [1.54, 1.807) is 0 Å². The zero-order valence-corrected chi connectivity index (χ0v) is 23.1. The molecule has 1 aliphatic carbocycles. The van der Waals surface area contributed by atoms with Crippen molar-refractivity contribution in [2.75, 3.05) is 47.7 Å². The molecule has 0 spiro atoms. The number of nitrogens with one attached hydrogen (secondary N) is 2. The second-order valence-corrected chi connectivity index (χ2v) is 10.2. The van der Waals surface area contributed by atoms with Crippen LogP contribution in [0.5, 0.6) is 0 Å². The van der Waals surface area contributed by atoms with Crippen LogP contribution >= 0.6 is 9.24 Å². The molecule has 0 radical (unpaired) electrons. The molecule has 2 fully saturated rings. The Labute approximate surface area is 219 Å². The van der Waals surface area contributed by atoms with Gasteiger partial charge in [0.1, 0.15) is 5.82 Å². The predicted molar refractivity (Wildman–Crippen MR) is 153 cm³/mol. The fourth-order valence-electron chi connectivity index (χ4n) is 5.06. The smallest absolute Gasteiger partial charge is 0.150 e. The standard InChI is InChI=1S/C28H41N6OP/c1-4-5-8-23-11-12-26(33-13-15-35-16-14-33)17-27(23)34(25-9-6-7-10-25)22(3)28-29-18-24(19-30-28)32-31-21(2)20-36/h11-12,17-19,21-22,25,31-32H,6-10,13-16,20,36H2,1-3H3. The molecule has 36 heavy (non-hydrogen) atoms. The molecule has 8 heteroatoms. The number of hydrogen-bond donors (Lipinski definition) is 2. The summed E-state index contributed by atoms with van der Waals surface area (Å²) in [5.41, 5.74) is 11.2. The quantitative estimate of drug-likeness (QED) is 0.277. The highest BCUT2D eigenvalue weighted by Gasteiger charge is 2.31. The van der Waals surface area contributed by atoms with Crippen LogP contribution in [-0.2, 0) is 11.2 Å². The first-order valence-electron chi connectivity index (χ1n) is 13.3. The van der Waals surface area contributed by atoms with Crippen LogP contribution < -0.4 is 20.7 Å². The third-order valence-corrected chi connectivity index (χ3v) is 7.88. The molecule has 194 valence electrons. The number of rotatable bonds is 10. The van der Waals surface area contributed by atoms with Gasteiger partial charge in [-0.3, -0.25) is 0 Å². The van der Waals surface area contributed by atoms with Crippen LogP contribution in [0.3, 0.4) is 0 Å².